The Hall–Kier alpha value is 1.80. The van der Waals surface area contributed by atoms with Crippen molar-refractivity contribution in [1.82, 2.24) is 0 Å². The van der Waals surface area contributed by atoms with Gasteiger partial charge in [-0.05, 0) is 110 Å². The van der Waals surface area contributed by atoms with Crippen LogP contribution in [0.4, 0.5) is 0 Å². The fourth-order valence-corrected chi connectivity index (χ4v) is 8.14. The van der Waals surface area contributed by atoms with Gasteiger partial charge in [0.1, 0.15) is 24.7 Å². The molecular formula is C31H26Br10O2. The Morgan fingerprint density at radius 1 is 0.558 bits per heavy atom. The number of alkyl halides is 4. The highest BCUT2D eigenvalue weighted by atomic mass is 79.9. The van der Waals surface area contributed by atoms with Crippen molar-refractivity contribution in [1.29, 1.82) is 0 Å². The van der Waals surface area contributed by atoms with Crippen LogP contribution in [0.3, 0.4) is 0 Å². The van der Waals surface area contributed by atoms with Gasteiger partial charge in [-0.3, -0.25) is 0 Å². The Morgan fingerprint density at radius 2 is 0.907 bits per heavy atom. The standard InChI is InChI=1S/C31H26Br10O2/c1-13(32)23(38)11-42-29-25-15(7-21(36)27(29)40)5-17(9-19(25)34)31(3,4)18-6-16-8-22(37)28(41)30(26(16)20(35)10-18)43-12-24(39)14(2)33/h5-10,13-14,23-24H,11-12H2,1-4H3. The minimum absolute atomic E-state index is 0.164. The molecule has 2 nitrogen and oxygen atoms in total. The van der Waals surface area contributed by atoms with Crippen LogP contribution in [0, 0.1) is 0 Å². The molecular weight excluding hydrogens is 1200 g/mol. The van der Waals surface area contributed by atoms with Gasteiger partial charge in [0.25, 0.3) is 0 Å². The third-order valence-electron chi connectivity index (χ3n) is 7.29. The van der Waals surface area contributed by atoms with Crippen LogP contribution in [0.5, 0.6) is 11.5 Å². The molecule has 0 heterocycles. The van der Waals surface area contributed by atoms with Crippen molar-refractivity contribution in [2.45, 2.75) is 52.4 Å². The average Bonchev–Trinajstić information content (AvgIpc) is 2.92. The molecule has 0 N–H and O–H groups in total. The van der Waals surface area contributed by atoms with Gasteiger partial charge in [-0.2, -0.15) is 0 Å². The van der Waals surface area contributed by atoms with E-state index in [1.165, 1.54) is 11.1 Å². The minimum Gasteiger partial charge on any atom is -0.490 e. The summed E-state index contributed by atoms with van der Waals surface area (Å²) >= 11 is 37.5. The van der Waals surface area contributed by atoms with Crippen molar-refractivity contribution in [2.24, 2.45) is 0 Å². The molecule has 0 spiro atoms. The maximum Gasteiger partial charge on any atom is 0.143 e. The molecule has 0 radical (unpaired) electrons. The van der Waals surface area contributed by atoms with E-state index in [9.17, 15) is 0 Å². The zero-order valence-electron chi connectivity index (χ0n) is 23.3. The lowest BCUT2D eigenvalue weighted by Gasteiger charge is -2.29. The molecule has 0 aliphatic carbocycles. The normalized spacial score (nSPS) is 15.0. The lowest BCUT2D eigenvalue weighted by Crippen LogP contribution is -2.20. The maximum atomic E-state index is 6.37. The van der Waals surface area contributed by atoms with Crippen molar-refractivity contribution in [2.75, 3.05) is 13.2 Å². The van der Waals surface area contributed by atoms with Gasteiger partial charge >= 0.3 is 0 Å². The molecule has 43 heavy (non-hydrogen) atoms. The number of ether oxygens (including phenoxy) is 2. The van der Waals surface area contributed by atoms with E-state index < -0.39 is 0 Å². The molecule has 0 fully saturated rings. The SMILES string of the molecule is CC(Br)C(Br)COc1c(Br)c(Br)cc2cc(C(C)(C)c3cc(Br)c4c(OCC(Br)C(C)Br)c(Br)c(Br)cc4c3)cc(Br)c12. The van der Waals surface area contributed by atoms with E-state index in [0.29, 0.717) is 13.2 Å². The zero-order chi connectivity index (χ0) is 32.0. The summed E-state index contributed by atoms with van der Waals surface area (Å²) in [4.78, 5) is 0.866. The summed E-state index contributed by atoms with van der Waals surface area (Å²) in [7, 11) is 0. The van der Waals surface area contributed by atoms with Gasteiger partial charge in [0, 0.05) is 43.7 Å². The number of fused-ring (bicyclic) bond motifs is 2. The summed E-state index contributed by atoms with van der Waals surface area (Å²) in [6.45, 7) is 9.74. The predicted octanol–water partition coefficient (Wildman–Crippen LogP) is 14.7. The first-order valence-corrected chi connectivity index (χ1v) is 21.5. The average molecular weight is 1230 g/mol. The fraction of sp³-hybridized carbons (Fsp3) is 0.355. The maximum absolute atomic E-state index is 6.37. The van der Waals surface area contributed by atoms with Crippen LogP contribution in [0.2, 0.25) is 0 Å². The van der Waals surface area contributed by atoms with Gasteiger partial charge in [-0.25, -0.2) is 0 Å². The lowest BCUT2D eigenvalue weighted by molar-refractivity contribution is 0.320. The van der Waals surface area contributed by atoms with E-state index >= 15 is 0 Å². The van der Waals surface area contributed by atoms with Crippen molar-refractivity contribution < 1.29 is 9.47 Å². The van der Waals surface area contributed by atoms with Gasteiger partial charge in [0.2, 0.25) is 0 Å². The number of benzene rings is 4. The Labute approximate surface area is 337 Å². The molecule has 4 rings (SSSR count). The van der Waals surface area contributed by atoms with E-state index in [0.717, 1.165) is 59.9 Å². The minimum atomic E-state index is -0.326. The largest absolute Gasteiger partial charge is 0.490 e. The Kier molecular flexibility index (Phi) is 13.6. The second kappa shape index (κ2) is 15.6. The first kappa shape index (κ1) is 37.6. The van der Waals surface area contributed by atoms with Crippen LogP contribution in [0.15, 0.2) is 63.2 Å². The van der Waals surface area contributed by atoms with E-state index in [2.05, 4.69) is 223 Å². The van der Waals surface area contributed by atoms with Crippen LogP contribution in [0.25, 0.3) is 21.5 Å². The monoisotopic (exact) mass is 1220 g/mol. The molecule has 0 saturated carbocycles. The highest BCUT2D eigenvalue weighted by molar-refractivity contribution is 9.14. The molecule has 12 heteroatoms. The molecule has 0 aliphatic heterocycles. The summed E-state index contributed by atoms with van der Waals surface area (Å²) in [5.41, 5.74) is 2.02. The van der Waals surface area contributed by atoms with Crippen molar-refractivity contribution >= 4 is 181 Å². The van der Waals surface area contributed by atoms with E-state index in [1.807, 2.05) is 0 Å². The summed E-state index contributed by atoms with van der Waals surface area (Å²) in [5, 5.41) is 4.20. The van der Waals surface area contributed by atoms with Crippen LogP contribution >= 0.6 is 159 Å². The molecule has 232 valence electrons. The highest BCUT2D eigenvalue weighted by Crippen LogP contribution is 2.48. The molecule has 4 aromatic carbocycles. The zero-order valence-corrected chi connectivity index (χ0v) is 39.1. The smallest absolute Gasteiger partial charge is 0.143 e. The van der Waals surface area contributed by atoms with Gasteiger partial charge in [-0.1, -0.05) is 135 Å². The topological polar surface area (TPSA) is 18.5 Å². The number of rotatable bonds is 10. The number of hydrogen-bond acceptors (Lipinski definition) is 2. The third kappa shape index (κ3) is 8.34. The summed E-state index contributed by atoms with van der Waals surface area (Å²) in [6, 6.07) is 13.2. The Balaban J connectivity index is 1.82. The van der Waals surface area contributed by atoms with Gasteiger partial charge < -0.3 is 9.47 Å². The number of halogens is 10. The summed E-state index contributed by atoms with van der Waals surface area (Å²) in [5.74, 6) is 1.60. The molecule has 0 saturated heterocycles. The highest BCUT2D eigenvalue weighted by Gasteiger charge is 2.28. The van der Waals surface area contributed by atoms with E-state index in [-0.39, 0.29) is 24.7 Å². The van der Waals surface area contributed by atoms with Gasteiger partial charge in [0.15, 0.2) is 0 Å². The van der Waals surface area contributed by atoms with Gasteiger partial charge in [-0.15, -0.1) is 0 Å². The van der Waals surface area contributed by atoms with E-state index in [1.54, 1.807) is 0 Å². The molecule has 0 aromatic heterocycles. The summed E-state index contributed by atoms with van der Waals surface area (Å²) < 4.78 is 18.3. The molecule has 4 atom stereocenters. The molecule has 0 bridgehead atoms. The second-order valence-electron chi connectivity index (χ2n) is 10.7. The van der Waals surface area contributed by atoms with Crippen molar-refractivity contribution in [3.8, 4) is 11.5 Å². The van der Waals surface area contributed by atoms with Gasteiger partial charge in [0.05, 0.1) is 18.6 Å². The van der Waals surface area contributed by atoms with Crippen molar-refractivity contribution in [3.63, 3.8) is 0 Å². The molecule has 4 unspecified atom stereocenters. The molecule has 0 aliphatic rings. The lowest BCUT2D eigenvalue weighted by atomic mass is 9.77. The molecule has 4 aromatic rings. The van der Waals surface area contributed by atoms with Crippen LogP contribution in [-0.4, -0.2) is 32.5 Å². The first-order valence-electron chi connectivity index (χ1n) is 13.1. The first-order chi connectivity index (χ1) is 20.0. The third-order valence-corrected chi connectivity index (χ3v) is 17.2. The van der Waals surface area contributed by atoms with Crippen molar-refractivity contribution in [3.05, 3.63) is 74.4 Å². The second-order valence-corrected chi connectivity index (χ2v) is 21.0. The fourth-order valence-electron chi connectivity index (χ4n) is 4.55. The Bertz CT molecular complexity index is 1550. The van der Waals surface area contributed by atoms with Crippen LogP contribution in [0.1, 0.15) is 38.8 Å². The van der Waals surface area contributed by atoms with Crippen LogP contribution < -0.4 is 9.47 Å². The Morgan fingerprint density at radius 3 is 1.23 bits per heavy atom. The molecule has 0 amide bonds. The van der Waals surface area contributed by atoms with Crippen LogP contribution in [-0.2, 0) is 5.41 Å². The summed E-state index contributed by atoms with van der Waals surface area (Å²) in [6.07, 6.45) is 0. The number of hydrogen-bond donors (Lipinski definition) is 0. The van der Waals surface area contributed by atoms with E-state index in [4.69, 9.17) is 9.47 Å². The predicted molar refractivity (Wildman–Crippen MR) is 219 cm³/mol. The quantitative estimate of drug-likeness (QED) is 0.147.